The lowest BCUT2D eigenvalue weighted by Crippen LogP contribution is -2.49. The summed E-state index contributed by atoms with van der Waals surface area (Å²) in [6, 6.07) is 20.7. The van der Waals surface area contributed by atoms with Gasteiger partial charge in [-0.05, 0) is 104 Å². The molecular formula is C47H56N10O3. The van der Waals surface area contributed by atoms with E-state index in [4.69, 9.17) is 10.7 Å². The number of fused-ring (bicyclic) bond motifs is 1. The molecular weight excluding hydrogens is 753 g/mol. The Labute approximate surface area is 351 Å². The van der Waals surface area contributed by atoms with Crippen molar-refractivity contribution in [2.75, 3.05) is 67.9 Å². The smallest absolute Gasteiger partial charge is 0.328 e. The van der Waals surface area contributed by atoms with Crippen molar-refractivity contribution < 1.29 is 14.7 Å². The first-order chi connectivity index (χ1) is 29.3. The van der Waals surface area contributed by atoms with Crippen molar-refractivity contribution in [1.29, 1.82) is 0 Å². The van der Waals surface area contributed by atoms with Crippen LogP contribution in [0.2, 0.25) is 0 Å². The number of aromatic nitrogens is 4. The number of phenolic OH excluding ortho intramolecular Hbond substituents is 1. The van der Waals surface area contributed by atoms with Gasteiger partial charge in [-0.2, -0.15) is 0 Å². The highest BCUT2D eigenvalue weighted by Crippen LogP contribution is 2.46. The average molecular weight is 809 g/mol. The molecule has 2 aromatic carbocycles. The lowest BCUT2D eigenvalue weighted by molar-refractivity contribution is -0.120. The first-order valence-electron chi connectivity index (χ1n) is 22.1. The minimum absolute atomic E-state index is 0.184. The summed E-state index contributed by atoms with van der Waals surface area (Å²) >= 11 is 0. The van der Waals surface area contributed by atoms with E-state index in [1.165, 1.54) is 67.1 Å². The van der Waals surface area contributed by atoms with Gasteiger partial charge < -0.3 is 25.2 Å². The fraction of sp³-hybridized carbons (Fsp3) is 0.468. The summed E-state index contributed by atoms with van der Waals surface area (Å²) in [6.07, 6.45) is 13.9. The molecule has 4 N–H and O–H groups in total. The summed E-state index contributed by atoms with van der Waals surface area (Å²) < 4.78 is 2.45. The number of nitrogens with two attached hydrogens (primary N) is 1. The minimum atomic E-state index is -0.358. The number of urea groups is 1. The number of phenols is 1. The number of hydrogen-bond donors (Lipinski definition) is 3. The fourth-order valence-corrected chi connectivity index (χ4v) is 10.3. The molecule has 2 aliphatic carbocycles. The second-order valence-electron chi connectivity index (χ2n) is 17.9. The van der Waals surface area contributed by atoms with Gasteiger partial charge in [0.2, 0.25) is 5.91 Å². The Morgan fingerprint density at radius 2 is 1.60 bits per heavy atom. The van der Waals surface area contributed by atoms with Crippen LogP contribution in [-0.2, 0) is 11.3 Å². The predicted octanol–water partition coefficient (Wildman–Crippen LogP) is 7.04. The van der Waals surface area contributed by atoms with E-state index in [1.807, 2.05) is 24.4 Å². The molecule has 60 heavy (non-hydrogen) atoms. The van der Waals surface area contributed by atoms with Crippen molar-refractivity contribution in [1.82, 2.24) is 34.9 Å². The van der Waals surface area contributed by atoms with Crippen LogP contribution >= 0.6 is 0 Å². The summed E-state index contributed by atoms with van der Waals surface area (Å²) in [4.78, 5) is 38.5. The lowest BCUT2D eigenvalue weighted by atomic mass is 9.85. The van der Waals surface area contributed by atoms with Crippen LogP contribution in [0.1, 0.15) is 92.4 Å². The Kier molecular flexibility index (Phi) is 10.6. The standard InChI is InChI=1S/C47H56N10O3/c48-45-42(25-41(51-52-45)38-5-1-2-6-43(38)58)55-18-3-4-35(29-55)33-11-7-31(8-12-33)27-53-20-22-54(23-21-53)28-32-9-15-36(16-10-32)57-30-40(34-13-14-34)39-24-37(26-49-46(39)57)56-19-17-44(59)50-47(56)60/h1-2,5-8,11-12,24-26,30,32,34-36,58H,3-4,9-10,13-23,27-29H2,(H2,48,52)(H,50,59,60)/t32?,35-,36?/m0/s1. The highest BCUT2D eigenvalue weighted by molar-refractivity contribution is 6.06. The zero-order valence-electron chi connectivity index (χ0n) is 34.4. The molecule has 0 bridgehead atoms. The first kappa shape index (κ1) is 38.7. The van der Waals surface area contributed by atoms with Crippen molar-refractivity contribution in [2.45, 2.75) is 82.2 Å². The Balaban J connectivity index is 0.700. The molecule has 3 saturated heterocycles. The Hall–Kier alpha value is -5.53. The molecule has 3 aromatic heterocycles. The van der Waals surface area contributed by atoms with Gasteiger partial charge in [0.1, 0.15) is 11.4 Å². The van der Waals surface area contributed by atoms with Gasteiger partial charge in [-0.15, -0.1) is 10.2 Å². The number of piperazine rings is 1. The summed E-state index contributed by atoms with van der Waals surface area (Å²) in [5.74, 6) is 2.10. The van der Waals surface area contributed by atoms with Gasteiger partial charge >= 0.3 is 6.03 Å². The maximum absolute atomic E-state index is 12.6. The molecule has 5 aliphatic rings. The van der Waals surface area contributed by atoms with Gasteiger partial charge in [0.05, 0.1) is 23.3 Å². The third kappa shape index (κ3) is 8.04. The van der Waals surface area contributed by atoms with Crippen LogP contribution in [0.15, 0.2) is 73.1 Å². The predicted molar refractivity (Wildman–Crippen MR) is 234 cm³/mol. The second kappa shape index (κ2) is 16.5. The van der Waals surface area contributed by atoms with Crippen LogP contribution in [0, 0.1) is 5.92 Å². The molecule has 10 rings (SSSR count). The van der Waals surface area contributed by atoms with Crippen molar-refractivity contribution in [2.24, 2.45) is 5.92 Å². The monoisotopic (exact) mass is 808 g/mol. The van der Waals surface area contributed by atoms with E-state index in [1.54, 1.807) is 17.0 Å². The normalized spacial score (nSPS) is 23.3. The molecule has 6 heterocycles. The quantitative estimate of drug-likeness (QED) is 0.134. The summed E-state index contributed by atoms with van der Waals surface area (Å²) in [5.41, 5.74) is 14.4. The molecule has 1 atom stereocenters. The highest BCUT2D eigenvalue weighted by Gasteiger charge is 2.33. The molecule has 0 radical (unpaired) electrons. The van der Waals surface area contributed by atoms with Crippen molar-refractivity contribution in [3.8, 4) is 17.0 Å². The lowest BCUT2D eigenvalue weighted by Gasteiger charge is -2.38. The number of nitrogens with one attached hydrogen (secondary N) is 1. The SMILES string of the molecule is Nc1nnc(-c2ccccc2O)cc1N1CCC[C@H](c2ccc(CN3CCN(CC4CCC(n5cc(C6CC6)c6cc(N7CCC(=O)NC7=O)cnc65)CC4)CC3)cc2)C1. The summed E-state index contributed by atoms with van der Waals surface area (Å²) in [6.45, 7) is 8.79. The average Bonchev–Trinajstić information content (AvgIpc) is 4.05. The van der Waals surface area contributed by atoms with E-state index in [-0.39, 0.29) is 17.7 Å². The number of benzene rings is 2. The number of rotatable bonds is 10. The van der Waals surface area contributed by atoms with Crippen molar-refractivity contribution in [3.63, 3.8) is 0 Å². The number of nitrogens with zero attached hydrogens (tertiary/aromatic N) is 8. The van der Waals surface area contributed by atoms with Crippen LogP contribution in [0.5, 0.6) is 5.75 Å². The number of amides is 3. The Morgan fingerprint density at radius 3 is 2.37 bits per heavy atom. The van der Waals surface area contributed by atoms with E-state index in [9.17, 15) is 14.7 Å². The van der Waals surface area contributed by atoms with Gasteiger partial charge in [0.25, 0.3) is 0 Å². The van der Waals surface area contributed by atoms with E-state index in [0.717, 1.165) is 81.6 Å². The van der Waals surface area contributed by atoms with Gasteiger partial charge in [0, 0.05) is 94.4 Å². The molecule has 3 aliphatic heterocycles. The summed E-state index contributed by atoms with van der Waals surface area (Å²) in [7, 11) is 0. The molecule has 2 saturated carbocycles. The molecule has 0 unspecified atom stereocenters. The minimum Gasteiger partial charge on any atom is -0.507 e. The number of imide groups is 1. The first-order valence-corrected chi connectivity index (χ1v) is 22.1. The summed E-state index contributed by atoms with van der Waals surface area (Å²) in [5, 5.41) is 22.6. The Morgan fingerprint density at radius 1 is 0.817 bits per heavy atom. The largest absolute Gasteiger partial charge is 0.507 e. The second-order valence-corrected chi connectivity index (χ2v) is 17.9. The Bertz CT molecular complexity index is 2360. The van der Waals surface area contributed by atoms with E-state index < -0.39 is 0 Å². The van der Waals surface area contributed by atoms with Crippen molar-refractivity contribution in [3.05, 3.63) is 89.7 Å². The third-order valence-corrected chi connectivity index (χ3v) is 13.9. The van der Waals surface area contributed by atoms with Gasteiger partial charge in [0.15, 0.2) is 5.82 Å². The van der Waals surface area contributed by atoms with Crippen molar-refractivity contribution >= 4 is 40.2 Å². The molecule has 5 aromatic rings. The van der Waals surface area contributed by atoms with Crippen LogP contribution in [0.4, 0.5) is 22.0 Å². The van der Waals surface area contributed by atoms with Crippen LogP contribution in [0.3, 0.4) is 0 Å². The number of carbonyl (C=O) groups excluding carboxylic acids is 2. The number of nitrogen functional groups attached to an aromatic ring is 1. The number of piperidine rings is 1. The molecule has 5 fully saturated rings. The number of hydrogen-bond acceptors (Lipinski definition) is 10. The van der Waals surface area contributed by atoms with Gasteiger partial charge in [-0.25, -0.2) is 9.78 Å². The van der Waals surface area contributed by atoms with Crippen LogP contribution in [-0.4, -0.2) is 99.0 Å². The van der Waals surface area contributed by atoms with Gasteiger partial charge in [-0.3, -0.25) is 19.9 Å². The topological polar surface area (TPSA) is 149 Å². The molecule has 13 heteroatoms. The van der Waals surface area contributed by atoms with Crippen LogP contribution in [0.25, 0.3) is 22.3 Å². The van der Waals surface area contributed by atoms with E-state index >= 15 is 0 Å². The number of aromatic hydroxyl groups is 1. The zero-order chi connectivity index (χ0) is 40.7. The number of pyridine rings is 1. The number of para-hydroxylation sites is 1. The zero-order valence-corrected chi connectivity index (χ0v) is 34.4. The molecule has 0 spiro atoms. The fourth-order valence-electron chi connectivity index (χ4n) is 10.3. The molecule has 3 amide bonds. The van der Waals surface area contributed by atoms with Crippen LogP contribution < -0.4 is 20.9 Å². The maximum Gasteiger partial charge on any atom is 0.328 e. The number of anilines is 3. The maximum atomic E-state index is 12.6. The molecule has 13 nitrogen and oxygen atoms in total. The third-order valence-electron chi connectivity index (χ3n) is 13.9. The highest BCUT2D eigenvalue weighted by atomic mass is 16.3. The number of carbonyl (C=O) groups is 2. The van der Waals surface area contributed by atoms with E-state index in [0.29, 0.717) is 47.9 Å². The van der Waals surface area contributed by atoms with Gasteiger partial charge in [-0.1, -0.05) is 36.4 Å². The molecule has 312 valence electrons. The van der Waals surface area contributed by atoms with E-state index in [2.05, 4.69) is 71.3 Å².